The van der Waals surface area contributed by atoms with Crippen LogP contribution in [0.1, 0.15) is 53.4 Å². The van der Waals surface area contributed by atoms with Gasteiger partial charge in [0.2, 0.25) is 0 Å². The fraction of sp³-hybridized carbons (Fsp3) is 1.00. The maximum Gasteiger partial charge on any atom is 0.0480 e. The maximum absolute atomic E-state index is 5.53. The van der Waals surface area contributed by atoms with Crippen LogP contribution in [0.3, 0.4) is 0 Å². The lowest BCUT2D eigenvalue weighted by atomic mass is 9.97. The Morgan fingerprint density at radius 2 is 1.87 bits per heavy atom. The number of hydrogen-bond donors (Lipinski definition) is 1. The molecule has 0 heterocycles. The molecular formula is C13H29NO. The molecule has 0 saturated heterocycles. The normalized spacial score (nSPS) is 15.2. The van der Waals surface area contributed by atoms with E-state index in [4.69, 9.17) is 4.74 Å². The smallest absolute Gasteiger partial charge is 0.0480 e. The highest BCUT2D eigenvalue weighted by Gasteiger charge is 2.10. The van der Waals surface area contributed by atoms with Gasteiger partial charge in [-0.15, -0.1) is 0 Å². The summed E-state index contributed by atoms with van der Waals surface area (Å²) in [6.07, 6.45) is 4.83. The molecule has 2 heteroatoms. The summed E-state index contributed by atoms with van der Waals surface area (Å²) in [5.41, 5.74) is 0. The molecule has 0 aromatic heterocycles. The molecular weight excluding hydrogens is 186 g/mol. The minimum Gasteiger partial charge on any atom is -0.381 e. The van der Waals surface area contributed by atoms with Crippen LogP contribution in [-0.4, -0.2) is 25.8 Å². The fourth-order valence-electron chi connectivity index (χ4n) is 1.72. The summed E-state index contributed by atoms with van der Waals surface area (Å²) >= 11 is 0. The molecule has 0 saturated carbocycles. The van der Waals surface area contributed by atoms with Crippen molar-refractivity contribution in [2.24, 2.45) is 5.92 Å². The van der Waals surface area contributed by atoms with E-state index in [0.29, 0.717) is 6.04 Å². The van der Waals surface area contributed by atoms with Crippen LogP contribution in [0.15, 0.2) is 0 Å². The second-order valence-electron chi connectivity index (χ2n) is 4.40. The summed E-state index contributed by atoms with van der Waals surface area (Å²) in [7, 11) is 0. The van der Waals surface area contributed by atoms with Crippen molar-refractivity contribution in [3.63, 3.8) is 0 Å². The number of nitrogens with one attached hydrogen (secondary N) is 1. The van der Waals surface area contributed by atoms with Crippen LogP contribution in [0.2, 0.25) is 0 Å². The van der Waals surface area contributed by atoms with Gasteiger partial charge in [-0.1, -0.05) is 34.1 Å². The van der Waals surface area contributed by atoms with Gasteiger partial charge in [0.25, 0.3) is 0 Å². The van der Waals surface area contributed by atoms with E-state index >= 15 is 0 Å². The molecule has 0 spiro atoms. The zero-order valence-electron chi connectivity index (χ0n) is 11.0. The molecule has 0 aromatic carbocycles. The Hall–Kier alpha value is -0.0800. The van der Waals surface area contributed by atoms with E-state index in [1.165, 1.54) is 12.8 Å². The molecule has 0 aliphatic rings. The van der Waals surface area contributed by atoms with Gasteiger partial charge in [-0.25, -0.2) is 0 Å². The summed E-state index contributed by atoms with van der Waals surface area (Å²) in [4.78, 5) is 0. The standard InChI is InChI=1S/C13H29NO/c1-5-9-15-10-8-13(14-7-3)11-12(4)6-2/h12-14H,5-11H2,1-4H3. The van der Waals surface area contributed by atoms with Crippen molar-refractivity contribution in [1.29, 1.82) is 0 Å². The van der Waals surface area contributed by atoms with Crippen molar-refractivity contribution >= 4 is 0 Å². The van der Waals surface area contributed by atoms with Crippen LogP contribution in [0.25, 0.3) is 0 Å². The zero-order chi connectivity index (χ0) is 11.5. The van der Waals surface area contributed by atoms with Crippen molar-refractivity contribution in [1.82, 2.24) is 5.32 Å². The summed E-state index contributed by atoms with van der Waals surface area (Å²) in [6.45, 7) is 11.8. The van der Waals surface area contributed by atoms with Gasteiger partial charge >= 0.3 is 0 Å². The van der Waals surface area contributed by atoms with E-state index in [-0.39, 0.29) is 0 Å². The van der Waals surface area contributed by atoms with Crippen molar-refractivity contribution in [2.75, 3.05) is 19.8 Å². The molecule has 2 atom stereocenters. The van der Waals surface area contributed by atoms with Gasteiger partial charge in [-0.2, -0.15) is 0 Å². The first-order valence-electron chi connectivity index (χ1n) is 6.55. The fourth-order valence-corrected chi connectivity index (χ4v) is 1.72. The Kier molecular flexibility index (Phi) is 10.4. The first-order chi connectivity index (χ1) is 7.24. The first kappa shape index (κ1) is 14.9. The van der Waals surface area contributed by atoms with Crippen LogP contribution in [0.4, 0.5) is 0 Å². The van der Waals surface area contributed by atoms with Crippen molar-refractivity contribution < 1.29 is 4.74 Å². The van der Waals surface area contributed by atoms with E-state index in [1.54, 1.807) is 0 Å². The zero-order valence-corrected chi connectivity index (χ0v) is 11.0. The third kappa shape index (κ3) is 8.88. The number of hydrogen-bond acceptors (Lipinski definition) is 2. The Bertz CT molecular complexity index is 128. The molecule has 0 fully saturated rings. The molecule has 2 unspecified atom stereocenters. The molecule has 15 heavy (non-hydrogen) atoms. The molecule has 92 valence electrons. The SMILES string of the molecule is CCCOCCC(CC(C)CC)NCC. The van der Waals surface area contributed by atoms with Gasteiger partial charge in [-0.05, 0) is 31.7 Å². The van der Waals surface area contributed by atoms with E-state index in [1.807, 2.05) is 0 Å². The lowest BCUT2D eigenvalue weighted by Crippen LogP contribution is -2.31. The molecule has 0 aromatic rings. The van der Waals surface area contributed by atoms with Gasteiger partial charge < -0.3 is 10.1 Å². The van der Waals surface area contributed by atoms with Crippen molar-refractivity contribution in [3.8, 4) is 0 Å². The van der Waals surface area contributed by atoms with Crippen molar-refractivity contribution in [3.05, 3.63) is 0 Å². The third-order valence-electron chi connectivity index (χ3n) is 2.84. The van der Waals surface area contributed by atoms with Crippen LogP contribution < -0.4 is 5.32 Å². The molecule has 0 aliphatic carbocycles. The lowest BCUT2D eigenvalue weighted by Gasteiger charge is -2.21. The third-order valence-corrected chi connectivity index (χ3v) is 2.84. The van der Waals surface area contributed by atoms with Crippen molar-refractivity contribution in [2.45, 2.75) is 59.4 Å². The minimum atomic E-state index is 0.641. The van der Waals surface area contributed by atoms with Gasteiger partial charge in [0.15, 0.2) is 0 Å². The van der Waals surface area contributed by atoms with Crippen LogP contribution in [-0.2, 0) is 4.74 Å². The van der Waals surface area contributed by atoms with Gasteiger partial charge in [0.1, 0.15) is 0 Å². The van der Waals surface area contributed by atoms with Crippen LogP contribution in [0, 0.1) is 5.92 Å². The minimum absolute atomic E-state index is 0.641. The second kappa shape index (κ2) is 10.4. The summed E-state index contributed by atoms with van der Waals surface area (Å²) in [5.74, 6) is 0.820. The lowest BCUT2D eigenvalue weighted by molar-refractivity contribution is 0.122. The molecule has 0 amide bonds. The molecule has 0 aliphatic heterocycles. The molecule has 0 rings (SSSR count). The molecule has 2 nitrogen and oxygen atoms in total. The topological polar surface area (TPSA) is 21.3 Å². The summed E-state index contributed by atoms with van der Waals surface area (Å²) < 4.78 is 5.53. The number of ether oxygens (including phenoxy) is 1. The Morgan fingerprint density at radius 3 is 2.40 bits per heavy atom. The highest BCUT2D eigenvalue weighted by atomic mass is 16.5. The number of rotatable bonds is 10. The average Bonchev–Trinajstić information content (AvgIpc) is 2.24. The van der Waals surface area contributed by atoms with Gasteiger partial charge in [-0.3, -0.25) is 0 Å². The highest BCUT2D eigenvalue weighted by Crippen LogP contribution is 2.12. The summed E-state index contributed by atoms with van der Waals surface area (Å²) in [6, 6.07) is 0.641. The second-order valence-corrected chi connectivity index (χ2v) is 4.40. The maximum atomic E-state index is 5.53. The average molecular weight is 215 g/mol. The molecule has 0 radical (unpaired) electrons. The first-order valence-corrected chi connectivity index (χ1v) is 6.55. The van der Waals surface area contributed by atoms with E-state index in [9.17, 15) is 0 Å². The monoisotopic (exact) mass is 215 g/mol. The molecule has 1 N–H and O–H groups in total. The quantitative estimate of drug-likeness (QED) is 0.565. The van der Waals surface area contributed by atoms with Crippen LogP contribution in [0.5, 0.6) is 0 Å². The largest absolute Gasteiger partial charge is 0.381 e. The molecule has 0 bridgehead atoms. The van der Waals surface area contributed by atoms with Crippen LogP contribution >= 0.6 is 0 Å². The van der Waals surface area contributed by atoms with Gasteiger partial charge in [0, 0.05) is 19.3 Å². The summed E-state index contributed by atoms with van der Waals surface area (Å²) in [5, 5.41) is 3.54. The highest BCUT2D eigenvalue weighted by molar-refractivity contribution is 4.68. The predicted molar refractivity (Wildman–Crippen MR) is 67.3 cm³/mol. The van der Waals surface area contributed by atoms with E-state index in [2.05, 4.69) is 33.0 Å². The van der Waals surface area contributed by atoms with E-state index < -0.39 is 0 Å². The Morgan fingerprint density at radius 1 is 1.13 bits per heavy atom. The van der Waals surface area contributed by atoms with Gasteiger partial charge in [0.05, 0.1) is 0 Å². The Balaban J connectivity index is 3.62. The predicted octanol–water partition coefficient (Wildman–Crippen LogP) is 3.22. The Labute approximate surface area is 95.8 Å². The van der Waals surface area contributed by atoms with E-state index in [0.717, 1.165) is 38.5 Å².